The molecule has 1 rings (SSSR count). The van der Waals surface area contributed by atoms with Gasteiger partial charge in [-0.3, -0.25) is 4.79 Å². The molecule has 4 heteroatoms. The van der Waals surface area contributed by atoms with Crippen molar-refractivity contribution in [3.63, 3.8) is 0 Å². The van der Waals surface area contributed by atoms with Gasteiger partial charge in [-0.2, -0.15) is 0 Å². The summed E-state index contributed by atoms with van der Waals surface area (Å²) in [5.41, 5.74) is 6.82. The molecule has 0 fully saturated rings. The fraction of sp³-hybridized carbons (Fsp3) is 0.533. The predicted molar refractivity (Wildman–Crippen MR) is 81.4 cm³/mol. The lowest BCUT2D eigenvalue weighted by Gasteiger charge is -2.26. The summed E-state index contributed by atoms with van der Waals surface area (Å²) in [6.07, 6.45) is 0. The van der Waals surface area contributed by atoms with Crippen molar-refractivity contribution in [2.75, 3.05) is 18.8 Å². The van der Waals surface area contributed by atoms with Gasteiger partial charge in [0, 0.05) is 29.4 Å². The lowest BCUT2D eigenvalue weighted by Crippen LogP contribution is -2.37. The Morgan fingerprint density at radius 3 is 2.11 bits per heavy atom. The molecule has 0 aliphatic heterocycles. The van der Waals surface area contributed by atoms with Gasteiger partial charge in [0.1, 0.15) is 0 Å². The van der Waals surface area contributed by atoms with Crippen LogP contribution in [0.15, 0.2) is 18.2 Å². The molecule has 0 aliphatic rings. The molecule has 1 amide bonds. The van der Waals surface area contributed by atoms with Crippen LogP contribution in [-0.4, -0.2) is 23.9 Å². The van der Waals surface area contributed by atoms with Crippen LogP contribution in [0.1, 0.15) is 38.1 Å². The minimum absolute atomic E-state index is 0.00315. The molecule has 19 heavy (non-hydrogen) atoms. The number of carbonyl (C=O) groups is 1. The third-order valence-electron chi connectivity index (χ3n) is 2.63. The van der Waals surface area contributed by atoms with Gasteiger partial charge >= 0.3 is 0 Å². The van der Waals surface area contributed by atoms with Crippen molar-refractivity contribution in [3.05, 3.63) is 28.8 Å². The summed E-state index contributed by atoms with van der Waals surface area (Å²) in [6.45, 7) is 9.90. The quantitative estimate of drug-likeness (QED) is 0.838. The average Bonchev–Trinajstić information content (AvgIpc) is 2.24. The molecule has 1 aromatic rings. The van der Waals surface area contributed by atoms with Gasteiger partial charge < -0.3 is 10.6 Å². The second-order valence-electron chi connectivity index (χ2n) is 5.77. The number of halogens is 1. The second kappa shape index (κ2) is 6.80. The number of carbonyl (C=O) groups excluding carboxylic acids is 1. The number of hydrogen-bond donors (Lipinski definition) is 1. The van der Waals surface area contributed by atoms with Gasteiger partial charge in [-0.05, 0) is 30.0 Å². The van der Waals surface area contributed by atoms with Crippen molar-refractivity contribution in [1.82, 2.24) is 4.90 Å². The average molecular weight is 283 g/mol. The highest BCUT2D eigenvalue weighted by Gasteiger charge is 2.18. The molecular weight excluding hydrogens is 260 g/mol. The first-order valence-electron chi connectivity index (χ1n) is 6.65. The Morgan fingerprint density at radius 1 is 1.16 bits per heavy atom. The summed E-state index contributed by atoms with van der Waals surface area (Å²) in [6, 6.07) is 5.00. The van der Waals surface area contributed by atoms with Crippen molar-refractivity contribution < 1.29 is 4.79 Å². The summed E-state index contributed by atoms with van der Waals surface area (Å²) in [5, 5.41) is 0.498. The summed E-state index contributed by atoms with van der Waals surface area (Å²) in [4.78, 5) is 14.4. The zero-order chi connectivity index (χ0) is 14.6. The molecule has 3 nitrogen and oxygen atoms in total. The van der Waals surface area contributed by atoms with Crippen LogP contribution in [-0.2, 0) is 0 Å². The van der Waals surface area contributed by atoms with Crippen LogP contribution >= 0.6 is 11.6 Å². The maximum atomic E-state index is 12.5. The molecule has 0 radical (unpaired) electrons. The molecule has 0 unspecified atom stereocenters. The summed E-state index contributed by atoms with van der Waals surface area (Å²) in [5.74, 6) is 0.857. The molecule has 0 spiro atoms. The number of rotatable bonds is 5. The van der Waals surface area contributed by atoms with Crippen molar-refractivity contribution in [2.24, 2.45) is 11.8 Å². The van der Waals surface area contributed by atoms with Crippen LogP contribution in [0.25, 0.3) is 0 Å². The number of anilines is 1. The van der Waals surface area contributed by atoms with E-state index in [2.05, 4.69) is 27.7 Å². The molecule has 0 heterocycles. The zero-order valence-electron chi connectivity index (χ0n) is 12.1. The van der Waals surface area contributed by atoms with Crippen molar-refractivity contribution in [1.29, 1.82) is 0 Å². The van der Waals surface area contributed by atoms with Gasteiger partial charge in [-0.25, -0.2) is 0 Å². The van der Waals surface area contributed by atoms with Gasteiger partial charge in [0.15, 0.2) is 0 Å². The Morgan fingerprint density at radius 2 is 1.68 bits per heavy atom. The lowest BCUT2D eigenvalue weighted by atomic mass is 10.1. The molecule has 2 N–H and O–H groups in total. The van der Waals surface area contributed by atoms with Crippen LogP contribution in [0.5, 0.6) is 0 Å². The van der Waals surface area contributed by atoms with E-state index in [0.717, 1.165) is 13.1 Å². The van der Waals surface area contributed by atoms with Gasteiger partial charge in [0.25, 0.3) is 5.91 Å². The monoisotopic (exact) mass is 282 g/mol. The summed E-state index contributed by atoms with van der Waals surface area (Å²) < 4.78 is 0. The van der Waals surface area contributed by atoms with E-state index in [9.17, 15) is 4.79 Å². The van der Waals surface area contributed by atoms with Gasteiger partial charge in [0.05, 0.1) is 0 Å². The third kappa shape index (κ3) is 5.11. The Labute approximate surface area is 120 Å². The van der Waals surface area contributed by atoms with Crippen LogP contribution in [0, 0.1) is 11.8 Å². The smallest absolute Gasteiger partial charge is 0.253 e. The fourth-order valence-electron chi connectivity index (χ4n) is 2.04. The SMILES string of the molecule is CC(C)CN(CC(C)C)C(=O)c1cc(N)cc(Cl)c1. The van der Waals surface area contributed by atoms with E-state index in [1.54, 1.807) is 18.2 Å². The number of amides is 1. The van der Waals surface area contributed by atoms with E-state index >= 15 is 0 Å². The number of hydrogen-bond acceptors (Lipinski definition) is 2. The highest BCUT2D eigenvalue weighted by molar-refractivity contribution is 6.31. The van der Waals surface area contributed by atoms with Gasteiger partial charge in [-0.15, -0.1) is 0 Å². The molecule has 0 aromatic heterocycles. The van der Waals surface area contributed by atoms with E-state index in [1.807, 2.05) is 4.90 Å². The molecule has 0 bridgehead atoms. The standard InChI is InChI=1S/C15H23ClN2O/c1-10(2)8-18(9-11(3)4)15(19)12-5-13(16)7-14(17)6-12/h5-7,10-11H,8-9,17H2,1-4H3. The Balaban J connectivity index is 2.97. The fourth-order valence-corrected chi connectivity index (χ4v) is 2.28. The van der Waals surface area contributed by atoms with E-state index in [0.29, 0.717) is 28.1 Å². The molecule has 1 aromatic carbocycles. The van der Waals surface area contributed by atoms with Gasteiger partial charge in [-0.1, -0.05) is 39.3 Å². The minimum atomic E-state index is -0.00315. The van der Waals surface area contributed by atoms with E-state index in [-0.39, 0.29) is 5.91 Å². The van der Waals surface area contributed by atoms with E-state index in [1.165, 1.54) is 0 Å². The summed E-state index contributed by atoms with van der Waals surface area (Å²) >= 11 is 5.96. The molecule has 0 saturated heterocycles. The topological polar surface area (TPSA) is 46.3 Å². The predicted octanol–water partition coefficient (Wildman–Crippen LogP) is 3.68. The number of nitrogens with zero attached hydrogens (tertiary/aromatic N) is 1. The normalized spacial score (nSPS) is 11.1. The molecule has 0 atom stereocenters. The highest BCUT2D eigenvalue weighted by Crippen LogP contribution is 2.19. The van der Waals surface area contributed by atoms with Crippen LogP contribution in [0.2, 0.25) is 5.02 Å². The first kappa shape index (κ1) is 15.8. The molecule has 0 saturated carbocycles. The van der Waals surface area contributed by atoms with Crippen LogP contribution in [0.3, 0.4) is 0 Å². The van der Waals surface area contributed by atoms with Crippen LogP contribution < -0.4 is 5.73 Å². The largest absolute Gasteiger partial charge is 0.399 e. The zero-order valence-corrected chi connectivity index (χ0v) is 12.9. The Kier molecular flexibility index (Phi) is 5.67. The van der Waals surface area contributed by atoms with E-state index in [4.69, 9.17) is 17.3 Å². The second-order valence-corrected chi connectivity index (χ2v) is 6.21. The maximum absolute atomic E-state index is 12.5. The number of nitrogen functional groups attached to an aromatic ring is 1. The first-order valence-corrected chi connectivity index (χ1v) is 7.02. The lowest BCUT2D eigenvalue weighted by molar-refractivity contribution is 0.0715. The van der Waals surface area contributed by atoms with Gasteiger partial charge in [0.2, 0.25) is 0 Å². The summed E-state index contributed by atoms with van der Waals surface area (Å²) in [7, 11) is 0. The number of benzene rings is 1. The van der Waals surface area contributed by atoms with Crippen molar-refractivity contribution in [2.45, 2.75) is 27.7 Å². The first-order chi connectivity index (χ1) is 8.79. The van der Waals surface area contributed by atoms with Crippen LogP contribution in [0.4, 0.5) is 5.69 Å². The van der Waals surface area contributed by atoms with Crippen molar-refractivity contribution >= 4 is 23.2 Å². The Bertz CT molecular complexity index is 414. The highest BCUT2D eigenvalue weighted by atomic mass is 35.5. The molecule has 0 aliphatic carbocycles. The molecule has 106 valence electrons. The Hall–Kier alpha value is -1.22. The van der Waals surface area contributed by atoms with E-state index < -0.39 is 0 Å². The maximum Gasteiger partial charge on any atom is 0.253 e. The third-order valence-corrected chi connectivity index (χ3v) is 2.84. The number of nitrogens with two attached hydrogens (primary N) is 1. The molecular formula is C15H23ClN2O. The minimum Gasteiger partial charge on any atom is -0.399 e. The van der Waals surface area contributed by atoms with Crippen molar-refractivity contribution in [3.8, 4) is 0 Å².